The Morgan fingerprint density at radius 2 is 1.78 bits per heavy atom. The maximum atomic E-state index is 4.18. The molecule has 2 aromatic rings. The topological polar surface area (TPSA) is 30.7 Å². The molecule has 96 valence electrons. The molecule has 18 heavy (non-hydrogen) atoms. The highest BCUT2D eigenvalue weighted by Gasteiger charge is 2.05. The Kier molecular flexibility index (Phi) is 4.94. The lowest BCUT2D eigenvalue weighted by atomic mass is 10.1. The lowest BCUT2D eigenvalue weighted by molar-refractivity contribution is 0.524. The molecule has 0 saturated carbocycles. The van der Waals surface area contributed by atoms with E-state index in [1.54, 1.807) is 0 Å². The second-order valence-corrected chi connectivity index (χ2v) is 4.62. The third-order valence-corrected chi connectivity index (χ3v) is 3.16. The fraction of sp³-hybridized carbons (Fsp3) is 0.467. The number of nitrogens with zero attached hydrogens (tertiary/aromatic N) is 3. The molecule has 0 atom stereocenters. The number of aryl methyl sites for hydroxylation is 1. The lowest BCUT2D eigenvalue weighted by Gasteiger charge is -2.06. The van der Waals surface area contributed by atoms with Gasteiger partial charge in [-0.25, -0.2) is 4.68 Å². The Labute approximate surface area is 109 Å². The van der Waals surface area contributed by atoms with Crippen molar-refractivity contribution in [2.45, 2.75) is 45.6 Å². The fourth-order valence-electron chi connectivity index (χ4n) is 2.12. The molecule has 0 fully saturated rings. The van der Waals surface area contributed by atoms with Crippen LogP contribution >= 0.6 is 0 Å². The first-order valence-corrected chi connectivity index (χ1v) is 6.85. The summed E-state index contributed by atoms with van der Waals surface area (Å²) in [5.41, 5.74) is 2.31. The fourth-order valence-corrected chi connectivity index (χ4v) is 2.12. The molecule has 0 aliphatic carbocycles. The van der Waals surface area contributed by atoms with Crippen molar-refractivity contribution in [2.75, 3.05) is 0 Å². The number of unbranched alkanes of at least 4 members (excludes halogenated alkanes) is 4. The molecule has 1 heterocycles. The van der Waals surface area contributed by atoms with Gasteiger partial charge in [0.2, 0.25) is 0 Å². The van der Waals surface area contributed by atoms with Gasteiger partial charge in [-0.2, -0.15) is 0 Å². The smallest absolute Gasteiger partial charge is 0.0885 e. The van der Waals surface area contributed by atoms with Gasteiger partial charge in [0.1, 0.15) is 0 Å². The van der Waals surface area contributed by atoms with E-state index in [2.05, 4.69) is 29.4 Å². The SMILES string of the molecule is CCCCCCCn1nncc1-c1ccccc1. The van der Waals surface area contributed by atoms with Crippen molar-refractivity contribution < 1.29 is 0 Å². The van der Waals surface area contributed by atoms with Crippen molar-refractivity contribution in [3.63, 3.8) is 0 Å². The van der Waals surface area contributed by atoms with Crippen LogP contribution in [0.25, 0.3) is 11.3 Å². The summed E-state index contributed by atoms with van der Waals surface area (Å²) >= 11 is 0. The molecule has 0 amide bonds. The van der Waals surface area contributed by atoms with Crippen molar-refractivity contribution in [2.24, 2.45) is 0 Å². The number of hydrogen-bond acceptors (Lipinski definition) is 2. The average Bonchev–Trinajstić information content (AvgIpc) is 2.88. The molecule has 0 aliphatic heterocycles. The molecule has 2 rings (SSSR count). The first-order chi connectivity index (χ1) is 8.92. The highest BCUT2D eigenvalue weighted by Crippen LogP contribution is 2.17. The van der Waals surface area contributed by atoms with Gasteiger partial charge in [-0.1, -0.05) is 68.2 Å². The Morgan fingerprint density at radius 1 is 1.00 bits per heavy atom. The molecule has 3 nitrogen and oxygen atoms in total. The molecule has 0 aliphatic rings. The maximum Gasteiger partial charge on any atom is 0.0885 e. The molecular weight excluding hydrogens is 222 g/mol. The van der Waals surface area contributed by atoms with Gasteiger partial charge in [0.15, 0.2) is 0 Å². The molecule has 1 aromatic carbocycles. The van der Waals surface area contributed by atoms with Crippen LogP contribution in [0.4, 0.5) is 0 Å². The first kappa shape index (κ1) is 12.8. The molecule has 3 heteroatoms. The number of rotatable bonds is 7. The van der Waals surface area contributed by atoms with Crippen molar-refractivity contribution in [1.82, 2.24) is 15.0 Å². The van der Waals surface area contributed by atoms with E-state index in [-0.39, 0.29) is 0 Å². The van der Waals surface area contributed by atoms with E-state index in [1.165, 1.54) is 37.7 Å². The van der Waals surface area contributed by atoms with Crippen molar-refractivity contribution in [1.29, 1.82) is 0 Å². The zero-order chi connectivity index (χ0) is 12.6. The van der Waals surface area contributed by atoms with Crippen molar-refractivity contribution in [3.8, 4) is 11.3 Å². The normalized spacial score (nSPS) is 10.7. The van der Waals surface area contributed by atoms with Gasteiger partial charge >= 0.3 is 0 Å². The standard InChI is InChI=1S/C15H21N3/c1-2-3-4-5-9-12-18-15(13-16-17-18)14-10-7-6-8-11-14/h6-8,10-11,13H,2-5,9,12H2,1H3. The Balaban J connectivity index is 1.92. The summed E-state index contributed by atoms with van der Waals surface area (Å²) in [4.78, 5) is 0. The maximum absolute atomic E-state index is 4.18. The van der Waals surface area contributed by atoms with Gasteiger partial charge in [-0.3, -0.25) is 0 Å². The van der Waals surface area contributed by atoms with Crippen LogP contribution in [-0.4, -0.2) is 15.0 Å². The third-order valence-electron chi connectivity index (χ3n) is 3.16. The Morgan fingerprint density at radius 3 is 2.56 bits per heavy atom. The molecule has 0 radical (unpaired) electrons. The lowest BCUT2D eigenvalue weighted by Crippen LogP contribution is -2.02. The number of benzene rings is 1. The minimum absolute atomic E-state index is 0.966. The predicted molar refractivity (Wildman–Crippen MR) is 74.2 cm³/mol. The average molecular weight is 243 g/mol. The highest BCUT2D eigenvalue weighted by atomic mass is 15.4. The van der Waals surface area contributed by atoms with Crippen LogP contribution in [0.1, 0.15) is 39.0 Å². The van der Waals surface area contributed by atoms with E-state index in [0.29, 0.717) is 0 Å². The summed E-state index contributed by atoms with van der Waals surface area (Å²) in [5.74, 6) is 0. The van der Waals surface area contributed by atoms with Gasteiger partial charge in [-0.15, -0.1) is 5.10 Å². The molecule has 0 bridgehead atoms. The van der Waals surface area contributed by atoms with E-state index in [9.17, 15) is 0 Å². The van der Waals surface area contributed by atoms with Crippen molar-refractivity contribution in [3.05, 3.63) is 36.5 Å². The number of aromatic nitrogens is 3. The molecule has 0 unspecified atom stereocenters. The van der Waals surface area contributed by atoms with Crippen LogP contribution in [0, 0.1) is 0 Å². The van der Waals surface area contributed by atoms with Crippen LogP contribution in [0.15, 0.2) is 36.5 Å². The summed E-state index contributed by atoms with van der Waals surface area (Å²) in [7, 11) is 0. The van der Waals surface area contributed by atoms with Gasteiger partial charge in [-0.05, 0) is 6.42 Å². The quantitative estimate of drug-likeness (QED) is 0.690. The van der Waals surface area contributed by atoms with E-state index < -0.39 is 0 Å². The predicted octanol–water partition coefficient (Wildman–Crippen LogP) is 3.92. The van der Waals surface area contributed by atoms with E-state index in [4.69, 9.17) is 0 Å². The van der Waals surface area contributed by atoms with Gasteiger partial charge in [0.25, 0.3) is 0 Å². The zero-order valence-electron chi connectivity index (χ0n) is 11.0. The summed E-state index contributed by atoms with van der Waals surface area (Å²) < 4.78 is 2.02. The van der Waals surface area contributed by atoms with Crippen LogP contribution in [0.2, 0.25) is 0 Å². The van der Waals surface area contributed by atoms with Crippen molar-refractivity contribution >= 4 is 0 Å². The molecule has 0 N–H and O–H groups in total. The van der Waals surface area contributed by atoms with Gasteiger partial charge in [0.05, 0.1) is 11.9 Å². The minimum atomic E-state index is 0.966. The van der Waals surface area contributed by atoms with E-state index in [0.717, 1.165) is 12.2 Å². The Hall–Kier alpha value is -1.64. The van der Waals surface area contributed by atoms with E-state index >= 15 is 0 Å². The molecule has 0 saturated heterocycles. The molecule has 0 spiro atoms. The summed E-state index contributed by atoms with van der Waals surface area (Å²) in [6, 6.07) is 10.3. The molecule has 1 aromatic heterocycles. The summed E-state index contributed by atoms with van der Waals surface area (Å²) in [5, 5.41) is 8.20. The largest absolute Gasteiger partial charge is 0.245 e. The second-order valence-electron chi connectivity index (χ2n) is 4.62. The Bertz CT molecular complexity index is 448. The molecular formula is C15H21N3. The zero-order valence-corrected chi connectivity index (χ0v) is 11.0. The second kappa shape index (κ2) is 6.94. The van der Waals surface area contributed by atoms with Crippen LogP contribution < -0.4 is 0 Å². The monoisotopic (exact) mass is 243 g/mol. The number of hydrogen-bond donors (Lipinski definition) is 0. The minimum Gasteiger partial charge on any atom is -0.245 e. The third kappa shape index (κ3) is 3.42. The van der Waals surface area contributed by atoms with E-state index in [1.807, 2.05) is 29.1 Å². The van der Waals surface area contributed by atoms with Crippen LogP contribution in [-0.2, 0) is 6.54 Å². The first-order valence-electron chi connectivity index (χ1n) is 6.85. The van der Waals surface area contributed by atoms with Gasteiger partial charge in [0, 0.05) is 12.1 Å². The van der Waals surface area contributed by atoms with Crippen LogP contribution in [0.5, 0.6) is 0 Å². The highest BCUT2D eigenvalue weighted by molar-refractivity contribution is 5.57. The summed E-state index contributed by atoms with van der Waals surface area (Å²) in [6.07, 6.45) is 8.26. The van der Waals surface area contributed by atoms with Crippen LogP contribution in [0.3, 0.4) is 0 Å². The summed E-state index contributed by atoms with van der Waals surface area (Å²) in [6.45, 7) is 3.21. The van der Waals surface area contributed by atoms with Gasteiger partial charge < -0.3 is 0 Å².